The summed E-state index contributed by atoms with van der Waals surface area (Å²) in [5.74, 6) is 0.0451. The van der Waals surface area contributed by atoms with Crippen LogP contribution in [0.25, 0.3) is 0 Å². The molecule has 0 unspecified atom stereocenters. The van der Waals surface area contributed by atoms with Gasteiger partial charge < -0.3 is 15.8 Å². The lowest BCUT2D eigenvalue weighted by atomic mass is 10.1. The molecule has 19 heavy (non-hydrogen) atoms. The Morgan fingerprint density at radius 3 is 2.53 bits per heavy atom. The van der Waals surface area contributed by atoms with Crippen LogP contribution in [0.4, 0.5) is 5.69 Å². The third-order valence-electron chi connectivity index (χ3n) is 3.90. The smallest absolute Gasteiger partial charge is 0.188 e. The molecule has 0 amide bonds. The molecule has 1 aromatic rings. The van der Waals surface area contributed by atoms with Crippen LogP contribution in [-0.4, -0.2) is 29.1 Å². The molecule has 1 aliphatic rings. The van der Waals surface area contributed by atoms with E-state index in [0.29, 0.717) is 11.7 Å². The number of nitrogens with zero attached hydrogens (tertiary/aromatic N) is 3. The molecule has 1 aromatic heterocycles. The topological polar surface area (TPSA) is 74.7 Å². The molecule has 1 saturated carbocycles. The summed E-state index contributed by atoms with van der Waals surface area (Å²) in [6.45, 7) is 0. The Balaban J connectivity index is 2.08. The van der Waals surface area contributed by atoms with E-state index in [9.17, 15) is 0 Å². The summed E-state index contributed by atoms with van der Waals surface area (Å²) in [6, 6.07) is 4.36. The summed E-state index contributed by atoms with van der Waals surface area (Å²) >= 11 is 0. The van der Waals surface area contributed by atoms with Gasteiger partial charge in [-0.15, -0.1) is 0 Å². The van der Waals surface area contributed by atoms with Crippen LogP contribution in [-0.2, 0) is 0 Å². The number of oxime groups is 1. The fraction of sp³-hybridized carbons (Fsp3) is 0.571. The normalized spacial score (nSPS) is 18.1. The highest BCUT2D eigenvalue weighted by Gasteiger charge is 2.17. The van der Waals surface area contributed by atoms with E-state index in [1.807, 2.05) is 6.07 Å². The molecule has 0 atom stereocenters. The first-order chi connectivity index (χ1) is 9.22. The standard InChI is InChI=1S/C14H22N4O/c1-18(11-6-4-2-3-5-7-11)12-8-9-13(16-10-12)14(15)17-19/h8-11,19H,2-7H2,1H3,(H2,15,17). The second-order valence-electron chi connectivity index (χ2n) is 5.14. The highest BCUT2D eigenvalue weighted by Crippen LogP contribution is 2.24. The van der Waals surface area contributed by atoms with Gasteiger partial charge in [0.15, 0.2) is 5.84 Å². The van der Waals surface area contributed by atoms with Gasteiger partial charge in [-0.3, -0.25) is 4.98 Å². The predicted octanol–water partition coefficient (Wildman–Crippen LogP) is 2.34. The van der Waals surface area contributed by atoms with Crippen molar-refractivity contribution >= 4 is 11.5 Å². The molecule has 3 N–H and O–H groups in total. The average Bonchev–Trinajstić information content (AvgIpc) is 2.75. The molecule has 2 rings (SSSR count). The van der Waals surface area contributed by atoms with Crippen LogP contribution in [0, 0.1) is 0 Å². The Hall–Kier alpha value is -1.78. The Labute approximate surface area is 114 Å². The van der Waals surface area contributed by atoms with Gasteiger partial charge in [0.25, 0.3) is 0 Å². The molecule has 0 aliphatic heterocycles. The van der Waals surface area contributed by atoms with E-state index in [0.717, 1.165) is 5.69 Å². The van der Waals surface area contributed by atoms with Crippen molar-refractivity contribution < 1.29 is 5.21 Å². The van der Waals surface area contributed by atoms with Crippen molar-refractivity contribution in [3.05, 3.63) is 24.0 Å². The Morgan fingerprint density at radius 2 is 2.00 bits per heavy atom. The summed E-state index contributed by atoms with van der Waals surface area (Å²) in [7, 11) is 2.12. The predicted molar refractivity (Wildman–Crippen MR) is 76.6 cm³/mol. The first-order valence-electron chi connectivity index (χ1n) is 6.89. The van der Waals surface area contributed by atoms with Crippen LogP contribution in [0.1, 0.15) is 44.2 Å². The van der Waals surface area contributed by atoms with Crippen molar-refractivity contribution in [2.75, 3.05) is 11.9 Å². The zero-order valence-corrected chi connectivity index (χ0v) is 11.4. The maximum atomic E-state index is 8.61. The lowest BCUT2D eigenvalue weighted by Gasteiger charge is -2.29. The molecular formula is C14H22N4O. The summed E-state index contributed by atoms with van der Waals surface area (Å²) < 4.78 is 0. The molecule has 1 fully saturated rings. The Kier molecular flexibility index (Phi) is 4.60. The number of rotatable bonds is 3. The van der Waals surface area contributed by atoms with Crippen LogP contribution >= 0.6 is 0 Å². The lowest BCUT2D eigenvalue weighted by Crippen LogP contribution is -2.31. The third-order valence-corrected chi connectivity index (χ3v) is 3.90. The highest BCUT2D eigenvalue weighted by atomic mass is 16.4. The second-order valence-corrected chi connectivity index (χ2v) is 5.14. The first-order valence-corrected chi connectivity index (χ1v) is 6.89. The molecular weight excluding hydrogens is 240 g/mol. The molecule has 0 saturated heterocycles. The van der Waals surface area contributed by atoms with Crippen molar-refractivity contribution in [1.82, 2.24) is 4.98 Å². The Bertz CT molecular complexity index is 422. The fourth-order valence-corrected chi connectivity index (χ4v) is 2.65. The summed E-state index contributed by atoms with van der Waals surface area (Å²) in [5, 5.41) is 11.6. The summed E-state index contributed by atoms with van der Waals surface area (Å²) in [4.78, 5) is 6.53. The molecule has 0 aromatic carbocycles. The maximum absolute atomic E-state index is 8.61. The number of aromatic nitrogens is 1. The molecule has 1 heterocycles. The van der Waals surface area contributed by atoms with Crippen LogP contribution < -0.4 is 10.6 Å². The number of hydrogen-bond acceptors (Lipinski definition) is 4. The van der Waals surface area contributed by atoms with Gasteiger partial charge in [-0.05, 0) is 25.0 Å². The van der Waals surface area contributed by atoms with Gasteiger partial charge in [0.1, 0.15) is 5.69 Å². The highest BCUT2D eigenvalue weighted by molar-refractivity contribution is 5.95. The van der Waals surface area contributed by atoms with Crippen molar-refractivity contribution in [3.63, 3.8) is 0 Å². The van der Waals surface area contributed by atoms with E-state index >= 15 is 0 Å². The number of amidine groups is 1. The molecule has 0 bridgehead atoms. The molecule has 5 heteroatoms. The zero-order chi connectivity index (χ0) is 13.7. The lowest BCUT2D eigenvalue weighted by molar-refractivity contribution is 0.318. The Morgan fingerprint density at radius 1 is 1.32 bits per heavy atom. The van der Waals surface area contributed by atoms with Crippen LogP contribution in [0.2, 0.25) is 0 Å². The number of hydrogen-bond donors (Lipinski definition) is 2. The first kappa shape index (κ1) is 13.6. The third kappa shape index (κ3) is 3.36. The van der Waals surface area contributed by atoms with E-state index in [2.05, 4.69) is 22.1 Å². The SMILES string of the molecule is CN(c1ccc(/C(N)=N/O)nc1)C1CCCCCC1. The van der Waals surface area contributed by atoms with E-state index in [1.54, 1.807) is 12.3 Å². The van der Waals surface area contributed by atoms with Crippen LogP contribution in [0.5, 0.6) is 0 Å². The average molecular weight is 262 g/mol. The largest absolute Gasteiger partial charge is 0.409 e. The fourth-order valence-electron chi connectivity index (χ4n) is 2.65. The monoisotopic (exact) mass is 262 g/mol. The van der Waals surface area contributed by atoms with Crippen molar-refractivity contribution in [2.24, 2.45) is 10.9 Å². The van der Waals surface area contributed by atoms with E-state index in [-0.39, 0.29) is 5.84 Å². The van der Waals surface area contributed by atoms with Gasteiger partial charge >= 0.3 is 0 Å². The van der Waals surface area contributed by atoms with Gasteiger partial charge in [0, 0.05) is 13.1 Å². The van der Waals surface area contributed by atoms with Crippen molar-refractivity contribution in [2.45, 2.75) is 44.6 Å². The quantitative estimate of drug-likeness (QED) is 0.288. The maximum Gasteiger partial charge on any atom is 0.188 e. The number of anilines is 1. The van der Waals surface area contributed by atoms with E-state index in [1.165, 1.54) is 38.5 Å². The van der Waals surface area contributed by atoms with E-state index < -0.39 is 0 Å². The van der Waals surface area contributed by atoms with Gasteiger partial charge in [-0.2, -0.15) is 0 Å². The molecule has 5 nitrogen and oxygen atoms in total. The minimum Gasteiger partial charge on any atom is -0.409 e. The molecule has 1 aliphatic carbocycles. The van der Waals surface area contributed by atoms with Crippen LogP contribution in [0.15, 0.2) is 23.5 Å². The zero-order valence-electron chi connectivity index (χ0n) is 11.4. The van der Waals surface area contributed by atoms with Crippen molar-refractivity contribution in [1.29, 1.82) is 0 Å². The van der Waals surface area contributed by atoms with Gasteiger partial charge in [-0.25, -0.2) is 0 Å². The van der Waals surface area contributed by atoms with Crippen LogP contribution in [0.3, 0.4) is 0 Å². The summed E-state index contributed by atoms with van der Waals surface area (Å²) in [5.41, 5.74) is 7.09. The van der Waals surface area contributed by atoms with Crippen molar-refractivity contribution in [3.8, 4) is 0 Å². The number of nitrogens with two attached hydrogens (primary N) is 1. The molecule has 0 radical (unpaired) electrons. The minimum atomic E-state index is 0.0451. The minimum absolute atomic E-state index is 0.0451. The molecule has 0 spiro atoms. The van der Waals surface area contributed by atoms with Gasteiger partial charge in [-0.1, -0.05) is 30.8 Å². The second kappa shape index (κ2) is 6.41. The number of pyridine rings is 1. The van der Waals surface area contributed by atoms with Gasteiger partial charge in [0.2, 0.25) is 0 Å². The van der Waals surface area contributed by atoms with E-state index in [4.69, 9.17) is 10.9 Å². The molecule has 104 valence electrons. The summed E-state index contributed by atoms with van der Waals surface area (Å²) in [6.07, 6.45) is 9.61. The van der Waals surface area contributed by atoms with Gasteiger partial charge in [0.05, 0.1) is 11.9 Å².